The van der Waals surface area contributed by atoms with Gasteiger partial charge in [0, 0.05) is 18.3 Å². The van der Waals surface area contributed by atoms with Crippen LogP contribution in [0.25, 0.3) is 0 Å². The molecule has 0 aliphatic carbocycles. The van der Waals surface area contributed by atoms with Gasteiger partial charge in [-0.05, 0) is 61.8 Å². The van der Waals surface area contributed by atoms with Crippen LogP contribution in [0.5, 0.6) is 0 Å². The molecule has 0 spiro atoms. The number of unbranched alkanes of at least 4 members (excludes halogenated alkanes) is 8. The third-order valence-corrected chi connectivity index (χ3v) is 6.53. The normalized spacial score (nSPS) is 12.1. The summed E-state index contributed by atoms with van der Waals surface area (Å²) in [4.78, 5) is 20.5. The Morgan fingerprint density at radius 1 is 0.727 bits per heavy atom. The van der Waals surface area contributed by atoms with E-state index in [0.717, 1.165) is 37.9 Å². The first-order valence-electron chi connectivity index (χ1n) is 13.3. The first-order valence-corrected chi connectivity index (χ1v) is 13.3. The van der Waals surface area contributed by atoms with Gasteiger partial charge in [0.1, 0.15) is 5.82 Å². The van der Waals surface area contributed by atoms with Crippen LogP contribution in [0, 0.1) is 0 Å². The van der Waals surface area contributed by atoms with Crippen molar-refractivity contribution >= 4 is 5.97 Å². The van der Waals surface area contributed by atoms with E-state index in [0.29, 0.717) is 11.5 Å². The molecule has 0 saturated carbocycles. The van der Waals surface area contributed by atoms with Gasteiger partial charge < -0.3 is 5.11 Å². The van der Waals surface area contributed by atoms with Gasteiger partial charge in [-0.3, -0.25) is 0 Å². The Balaban J connectivity index is 1.76. The Labute approximate surface area is 201 Å². The largest absolute Gasteiger partial charge is 0.478 e. The molecule has 2 rings (SSSR count). The second-order valence-corrected chi connectivity index (χ2v) is 9.41. The Morgan fingerprint density at radius 2 is 1.27 bits per heavy atom. The predicted molar refractivity (Wildman–Crippen MR) is 137 cm³/mol. The molecule has 2 aromatic rings. The molecule has 0 amide bonds. The number of hydrogen-bond donors (Lipinski definition) is 1. The predicted octanol–water partition coefficient (Wildman–Crippen LogP) is 8.15. The highest BCUT2D eigenvalue weighted by Crippen LogP contribution is 2.25. The van der Waals surface area contributed by atoms with E-state index in [4.69, 9.17) is 15.1 Å². The smallest absolute Gasteiger partial charge is 0.335 e. The molecule has 33 heavy (non-hydrogen) atoms. The van der Waals surface area contributed by atoms with E-state index in [1.165, 1.54) is 75.3 Å². The van der Waals surface area contributed by atoms with Crippen LogP contribution in [0.1, 0.15) is 131 Å². The Hall–Kier alpha value is -2.23. The standard InChI is InChI=1S/C29H44N2O2/c1-3-5-7-8-9-10-11-12-14-25-22-30-28(31-23-25)26(16-6-4-2)17-13-15-24-18-20-27(21-19-24)29(32)33/h18-23,26H,3-17H2,1-2H3,(H,32,33). The lowest BCUT2D eigenvalue weighted by Gasteiger charge is -2.15. The third kappa shape index (κ3) is 11.0. The van der Waals surface area contributed by atoms with Crippen molar-refractivity contribution in [1.29, 1.82) is 0 Å². The number of nitrogens with zero attached hydrogens (tertiary/aromatic N) is 2. The SMILES string of the molecule is CCCCCCCCCCc1cnc(C(CCCC)CCCc2ccc(C(=O)O)cc2)nc1. The van der Waals surface area contributed by atoms with Gasteiger partial charge in [-0.15, -0.1) is 0 Å². The molecule has 0 saturated heterocycles. The van der Waals surface area contributed by atoms with E-state index < -0.39 is 5.97 Å². The van der Waals surface area contributed by atoms with Crippen LogP contribution < -0.4 is 0 Å². The number of aromatic carboxylic acids is 1. The van der Waals surface area contributed by atoms with Crippen molar-refractivity contribution in [1.82, 2.24) is 9.97 Å². The summed E-state index contributed by atoms with van der Waals surface area (Å²) in [5, 5.41) is 9.05. The zero-order valence-corrected chi connectivity index (χ0v) is 20.9. The molecule has 0 fully saturated rings. The van der Waals surface area contributed by atoms with Crippen molar-refractivity contribution in [3.63, 3.8) is 0 Å². The summed E-state index contributed by atoms with van der Waals surface area (Å²) >= 11 is 0. The summed E-state index contributed by atoms with van der Waals surface area (Å²) in [6.45, 7) is 4.50. The van der Waals surface area contributed by atoms with Crippen molar-refractivity contribution in [2.75, 3.05) is 0 Å². The van der Waals surface area contributed by atoms with Crippen LogP contribution in [0.2, 0.25) is 0 Å². The summed E-state index contributed by atoms with van der Waals surface area (Å²) in [5.41, 5.74) is 2.80. The Morgan fingerprint density at radius 3 is 1.88 bits per heavy atom. The molecule has 1 N–H and O–H groups in total. The van der Waals surface area contributed by atoms with Crippen molar-refractivity contribution in [2.24, 2.45) is 0 Å². The number of benzene rings is 1. The Bertz CT molecular complexity index is 771. The van der Waals surface area contributed by atoms with Gasteiger partial charge in [-0.25, -0.2) is 14.8 Å². The summed E-state index contributed by atoms with van der Waals surface area (Å²) in [7, 11) is 0. The average Bonchev–Trinajstić information content (AvgIpc) is 2.83. The molecule has 0 aliphatic heterocycles. The number of aryl methyl sites for hydroxylation is 2. The summed E-state index contributed by atoms with van der Waals surface area (Å²) in [5.74, 6) is 0.522. The van der Waals surface area contributed by atoms with E-state index in [1.807, 2.05) is 24.5 Å². The van der Waals surface area contributed by atoms with Crippen molar-refractivity contribution in [3.05, 3.63) is 59.2 Å². The fourth-order valence-corrected chi connectivity index (χ4v) is 4.39. The molecule has 0 aliphatic rings. The summed E-state index contributed by atoms with van der Waals surface area (Å²) in [6.07, 6.45) is 22.5. The lowest BCUT2D eigenvalue weighted by atomic mass is 9.93. The quantitative estimate of drug-likeness (QED) is 0.232. The molecular formula is C29H44N2O2. The summed E-state index contributed by atoms with van der Waals surface area (Å²) < 4.78 is 0. The maximum absolute atomic E-state index is 11.0. The highest BCUT2D eigenvalue weighted by molar-refractivity contribution is 5.87. The van der Waals surface area contributed by atoms with Gasteiger partial charge >= 0.3 is 5.97 Å². The molecule has 4 nitrogen and oxygen atoms in total. The monoisotopic (exact) mass is 452 g/mol. The van der Waals surface area contributed by atoms with E-state index in [9.17, 15) is 4.79 Å². The Kier molecular flexibility index (Phi) is 13.4. The maximum Gasteiger partial charge on any atom is 0.335 e. The van der Waals surface area contributed by atoms with Gasteiger partial charge in [0.15, 0.2) is 0 Å². The molecule has 1 aromatic carbocycles. The molecule has 182 valence electrons. The van der Waals surface area contributed by atoms with E-state index in [1.54, 1.807) is 12.1 Å². The molecule has 1 heterocycles. The van der Waals surface area contributed by atoms with Crippen LogP contribution in [0.15, 0.2) is 36.7 Å². The second-order valence-electron chi connectivity index (χ2n) is 9.41. The van der Waals surface area contributed by atoms with Crippen molar-refractivity contribution < 1.29 is 9.90 Å². The highest BCUT2D eigenvalue weighted by Gasteiger charge is 2.14. The topological polar surface area (TPSA) is 63.1 Å². The molecular weight excluding hydrogens is 408 g/mol. The second kappa shape index (κ2) is 16.4. The molecule has 0 bridgehead atoms. The molecule has 0 radical (unpaired) electrons. The van der Waals surface area contributed by atoms with Gasteiger partial charge in [0.05, 0.1) is 5.56 Å². The zero-order chi connectivity index (χ0) is 23.7. The van der Waals surface area contributed by atoms with E-state index >= 15 is 0 Å². The number of carboxylic acid groups (broad SMARTS) is 1. The first-order chi connectivity index (χ1) is 16.1. The highest BCUT2D eigenvalue weighted by atomic mass is 16.4. The van der Waals surface area contributed by atoms with Crippen LogP contribution >= 0.6 is 0 Å². The molecule has 1 atom stereocenters. The molecule has 4 heteroatoms. The number of rotatable bonds is 18. The van der Waals surface area contributed by atoms with Gasteiger partial charge in [-0.2, -0.15) is 0 Å². The van der Waals surface area contributed by atoms with Gasteiger partial charge in [0.2, 0.25) is 0 Å². The van der Waals surface area contributed by atoms with Crippen LogP contribution in [-0.2, 0) is 12.8 Å². The van der Waals surface area contributed by atoms with Crippen molar-refractivity contribution in [3.8, 4) is 0 Å². The lowest BCUT2D eigenvalue weighted by Crippen LogP contribution is -2.06. The number of carboxylic acids is 1. The van der Waals surface area contributed by atoms with Crippen LogP contribution in [-0.4, -0.2) is 21.0 Å². The fourth-order valence-electron chi connectivity index (χ4n) is 4.39. The van der Waals surface area contributed by atoms with Gasteiger partial charge in [-0.1, -0.05) is 83.8 Å². The van der Waals surface area contributed by atoms with E-state index in [2.05, 4.69) is 13.8 Å². The maximum atomic E-state index is 11.0. The lowest BCUT2D eigenvalue weighted by molar-refractivity contribution is 0.0697. The molecule has 1 unspecified atom stereocenters. The first kappa shape index (κ1) is 27.0. The fraction of sp³-hybridized carbons (Fsp3) is 0.621. The number of aromatic nitrogens is 2. The number of hydrogen-bond acceptors (Lipinski definition) is 3. The zero-order valence-electron chi connectivity index (χ0n) is 20.9. The number of carbonyl (C=O) groups is 1. The minimum atomic E-state index is -0.871. The van der Waals surface area contributed by atoms with E-state index in [-0.39, 0.29) is 0 Å². The minimum Gasteiger partial charge on any atom is -0.478 e. The third-order valence-electron chi connectivity index (χ3n) is 6.53. The average molecular weight is 453 g/mol. The van der Waals surface area contributed by atoms with Gasteiger partial charge in [0.25, 0.3) is 0 Å². The van der Waals surface area contributed by atoms with Crippen molar-refractivity contribution in [2.45, 2.75) is 116 Å². The van der Waals surface area contributed by atoms with Crippen LogP contribution in [0.3, 0.4) is 0 Å². The molecule has 1 aromatic heterocycles. The van der Waals surface area contributed by atoms with Crippen LogP contribution in [0.4, 0.5) is 0 Å². The summed E-state index contributed by atoms with van der Waals surface area (Å²) in [6, 6.07) is 7.25. The minimum absolute atomic E-state index is 0.347.